The fraction of sp³-hybridized carbons (Fsp3) is 0.200. The van der Waals surface area contributed by atoms with E-state index in [1.165, 1.54) is 83.4 Å². The van der Waals surface area contributed by atoms with E-state index in [9.17, 15) is 0 Å². The number of benzene rings is 6. The quantitative estimate of drug-likeness (QED) is 0.125. The summed E-state index contributed by atoms with van der Waals surface area (Å²) in [6.45, 7) is 17.3. The van der Waals surface area contributed by atoms with Crippen molar-refractivity contribution in [3.63, 3.8) is 0 Å². The molecule has 4 heteroatoms. The number of hydrogen-bond acceptors (Lipinski definition) is 0. The number of hydrogen-bond donors (Lipinski definition) is 0. The zero-order valence-corrected chi connectivity index (χ0v) is 35.8. The molecule has 0 saturated heterocycles. The number of aromatic nitrogens is 3. The summed E-state index contributed by atoms with van der Waals surface area (Å²) < 4.78 is 7.72. The van der Waals surface area contributed by atoms with Gasteiger partial charge in [-0.25, -0.2) is 0 Å². The van der Waals surface area contributed by atoms with Gasteiger partial charge in [-0.3, -0.25) is 0 Å². The highest BCUT2D eigenvalue weighted by Gasteiger charge is 2.45. The summed E-state index contributed by atoms with van der Waals surface area (Å²) in [4.78, 5) is 0. The largest absolute Gasteiger partial charge is 0.300 e. The van der Waals surface area contributed by atoms with Crippen LogP contribution in [0.25, 0.3) is 67.3 Å². The number of aryl methyl sites for hydroxylation is 1. The van der Waals surface area contributed by atoms with Gasteiger partial charge in [0, 0.05) is 28.1 Å². The lowest BCUT2D eigenvalue weighted by molar-refractivity contribution is -0.716. The standard InChI is InChI=1S/C55H51N3Si/c1-36-32-53-45(42-18-10-11-20-44(42)50-31-29-41(35-56(50)53)59(4,5)6)30-26-39-33-49-47(43-19-12-13-21-48(43)55(49,2)3)34-46(39)54-57(36)51-22-14-15-23-52(51)58(54)40-27-24-38(25-28-40)37-16-8-7-9-17-37/h7-25,27-29,31,33-35,45,53H,1,26,30,32H2,2-6H3/q+2. The van der Waals surface area contributed by atoms with Crippen molar-refractivity contribution in [1.29, 1.82) is 0 Å². The number of fused-ring (bicyclic) bond motifs is 14. The van der Waals surface area contributed by atoms with Crippen molar-refractivity contribution >= 4 is 30.0 Å². The second kappa shape index (κ2) is 13.2. The van der Waals surface area contributed by atoms with E-state index in [1.54, 1.807) is 0 Å². The predicted octanol–water partition coefficient (Wildman–Crippen LogP) is 12.2. The van der Waals surface area contributed by atoms with Crippen LogP contribution >= 0.6 is 0 Å². The maximum Gasteiger partial charge on any atom is 0.300 e. The molecule has 3 nitrogen and oxygen atoms in total. The van der Waals surface area contributed by atoms with Gasteiger partial charge in [-0.05, 0) is 93.7 Å². The monoisotopic (exact) mass is 781 g/mol. The Balaban J connectivity index is 1.19. The Labute approximate surface area is 349 Å². The SMILES string of the molecule is C=C1CC2C(CCc3cc4c(cc3-c3n1c1ccccc1[n+]3-c1ccc(-c3ccccc3)cc1)-c1ccccc1C4(C)C)c1ccccc1-c1ccc([Si](C)(C)C)c[n+]12. The van der Waals surface area contributed by atoms with E-state index in [0.717, 1.165) is 30.6 Å². The van der Waals surface area contributed by atoms with Crippen LogP contribution in [0.2, 0.25) is 19.6 Å². The van der Waals surface area contributed by atoms with Crippen molar-refractivity contribution in [2.45, 2.75) is 70.1 Å². The highest BCUT2D eigenvalue weighted by molar-refractivity contribution is 6.88. The summed E-state index contributed by atoms with van der Waals surface area (Å²) in [5.41, 5.74) is 19.3. The molecule has 1 aliphatic carbocycles. The third-order valence-corrected chi connectivity index (χ3v) is 15.9. The molecule has 0 bridgehead atoms. The number of nitrogens with zero attached hydrogens (tertiary/aromatic N) is 3. The minimum atomic E-state index is -1.60. The minimum Gasteiger partial charge on any atom is -0.195 e. The van der Waals surface area contributed by atoms with Crippen LogP contribution in [0.4, 0.5) is 0 Å². The first-order valence-corrected chi connectivity index (χ1v) is 24.9. The molecule has 2 aliphatic heterocycles. The van der Waals surface area contributed by atoms with Gasteiger partial charge in [-0.15, -0.1) is 0 Å². The zero-order chi connectivity index (χ0) is 40.2. The summed E-state index contributed by atoms with van der Waals surface area (Å²) in [7, 11) is -1.60. The van der Waals surface area contributed by atoms with Crippen molar-refractivity contribution < 1.29 is 9.13 Å². The average Bonchev–Trinajstić information content (AvgIpc) is 3.71. The van der Waals surface area contributed by atoms with E-state index in [0.29, 0.717) is 5.92 Å². The second-order valence-electron chi connectivity index (χ2n) is 18.7. The first-order chi connectivity index (χ1) is 28.6. The normalized spacial score (nSPS) is 17.5. The lowest BCUT2D eigenvalue weighted by Gasteiger charge is -2.32. The third-order valence-electron chi connectivity index (χ3n) is 13.9. The summed E-state index contributed by atoms with van der Waals surface area (Å²) >= 11 is 0. The Hall–Kier alpha value is -6.10. The van der Waals surface area contributed by atoms with Crippen LogP contribution in [0, 0.1) is 0 Å². The van der Waals surface area contributed by atoms with E-state index in [1.807, 2.05) is 0 Å². The maximum absolute atomic E-state index is 5.08. The topological polar surface area (TPSA) is 12.7 Å². The molecule has 8 aromatic rings. The number of rotatable bonds is 3. The predicted molar refractivity (Wildman–Crippen MR) is 247 cm³/mol. The van der Waals surface area contributed by atoms with Crippen molar-refractivity contribution in [2.75, 3.05) is 0 Å². The van der Waals surface area contributed by atoms with Gasteiger partial charge in [0.25, 0.3) is 5.82 Å². The van der Waals surface area contributed by atoms with Gasteiger partial charge in [0.15, 0.2) is 23.3 Å². The van der Waals surface area contributed by atoms with Crippen molar-refractivity contribution in [3.05, 3.63) is 187 Å². The van der Waals surface area contributed by atoms with Crippen LogP contribution in [-0.4, -0.2) is 12.6 Å². The number of allylic oxidation sites excluding steroid dienone is 1. The molecule has 11 rings (SSSR count). The molecular weight excluding hydrogens is 731 g/mol. The Kier molecular flexibility index (Phi) is 8.06. The fourth-order valence-electron chi connectivity index (χ4n) is 10.8. The Morgan fingerprint density at radius 1 is 0.661 bits per heavy atom. The van der Waals surface area contributed by atoms with Crippen molar-refractivity contribution in [2.24, 2.45) is 0 Å². The Morgan fingerprint density at radius 2 is 1.36 bits per heavy atom. The smallest absolute Gasteiger partial charge is 0.195 e. The molecule has 0 spiro atoms. The summed E-state index contributed by atoms with van der Waals surface area (Å²) in [5.74, 6) is 1.50. The van der Waals surface area contributed by atoms with E-state index < -0.39 is 8.07 Å². The molecule has 0 radical (unpaired) electrons. The number of para-hydroxylation sites is 2. The highest BCUT2D eigenvalue weighted by atomic mass is 28.3. The molecule has 288 valence electrons. The van der Waals surface area contributed by atoms with E-state index in [4.69, 9.17) is 6.58 Å². The molecule has 0 fully saturated rings. The molecule has 4 heterocycles. The van der Waals surface area contributed by atoms with Crippen LogP contribution in [-0.2, 0) is 11.8 Å². The highest BCUT2D eigenvalue weighted by Crippen LogP contribution is 2.52. The van der Waals surface area contributed by atoms with Crippen LogP contribution in [0.3, 0.4) is 0 Å². The molecule has 0 saturated carbocycles. The van der Waals surface area contributed by atoms with Gasteiger partial charge >= 0.3 is 0 Å². The molecule has 0 amide bonds. The first kappa shape index (κ1) is 36.0. The summed E-state index contributed by atoms with van der Waals surface area (Å²) in [5, 5.41) is 1.49. The lowest BCUT2D eigenvalue weighted by atomic mass is 9.76. The molecule has 2 unspecified atom stereocenters. The average molecular weight is 782 g/mol. The van der Waals surface area contributed by atoms with Crippen LogP contribution in [0.15, 0.2) is 164 Å². The van der Waals surface area contributed by atoms with Gasteiger partial charge in [-0.1, -0.05) is 149 Å². The fourth-order valence-corrected chi connectivity index (χ4v) is 11.9. The third kappa shape index (κ3) is 5.53. The molecule has 3 aliphatic rings. The molecule has 0 N–H and O–H groups in total. The minimum absolute atomic E-state index is 0.0994. The second-order valence-corrected chi connectivity index (χ2v) is 23.7. The van der Waals surface area contributed by atoms with E-state index >= 15 is 0 Å². The van der Waals surface area contributed by atoms with Gasteiger partial charge in [0.2, 0.25) is 5.69 Å². The van der Waals surface area contributed by atoms with Gasteiger partial charge < -0.3 is 0 Å². The maximum atomic E-state index is 5.08. The lowest BCUT2D eigenvalue weighted by Crippen LogP contribution is -2.52. The number of imidazole rings is 1. The first-order valence-electron chi connectivity index (χ1n) is 21.4. The van der Waals surface area contributed by atoms with Crippen LogP contribution < -0.4 is 14.3 Å². The van der Waals surface area contributed by atoms with Gasteiger partial charge in [0.1, 0.15) is 11.4 Å². The van der Waals surface area contributed by atoms with Crippen LogP contribution in [0.5, 0.6) is 0 Å². The zero-order valence-electron chi connectivity index (χ0n) is 34.8. The summed E-state index contributed by atoms with van der Waals surface area (Å²) in [6.07, 6.45) is 5.37. The Bertz CT molecular complexity index is 3000. The molecule has 2 atom stereocenters. The molecule has 59 heavy (non-hydrogen) atoms. The van der Waals surface area contributed by atoms with E-state index in [2.05, 4.69) is 205 Å². The van der Waals surface area contributed by atoms with Gasteiger partial charge in [-0.2, -0.15) is 13.7 Å². The van der Waals surface area contributed by atoms with Crippen LogP contribution in [0.1, 0.15) is 60.9 Å². The number of pyridine rings is 1. The van der Waals surface area contributed by atoms with Gasteiger partial charge in [0.05, 0.1) is 20.1 Å². The summed E-state index contributed by atoms with van der Waals surface area (Å²) in [6, 6.07) is 57.3. The van der Waals surface area contributed by atoms with E-state index in [-0.39, 0.29) is 11.5 Å². The molecule has 2 aromatic heterocycles. The molecular formula is C55H51N3Si+2. The Morgan fingerprint density at radius 3 is 2.15 bits per heavy atom. The molecule has 6 aromatic carbocycles. The van der Waals surface area contributed by atoms with Crippen molar-refractivity contribution in [1.82, 2.24) is 4.57 Å². The van der Waals surface area contributed by atoms with Crippen molar-refractivity contribution in [3.8, 4) is 50.6 Å².